The molecule has 2 aromatic carbocycles. The molecule has 0 heterocycles. The second kappa shape index (κ2) is 9.82. The summed E-state index contributed by atoms with van der Waals surface area (Å²) in [6, 6.07) is 12.6. The summed E-state index contributed by atoms with van der Waals surface area (Å²) in [5.74, 6) is 0.361. The minimum absolute atomic E-state index is 0.0422. The van der Waals surface area contributed by atoms with Gasteiger partial charge in [-0.05, 0) is 67.8 Å². The molecule has 2 aromatic rings. The van der Waals surface area contributed by atoms with E-state index in [1.165, 1.54) is 5.56 Å². The van der Waals surface area contributed by atoms with Gasteiger partial charge in [0.1, 0.15) is 5.75 Å². The van der Waals surface area contributed by atoms with E-state index in [1.54, 1.807) is 24.3 Å². The second-order valence-electron chi connectivity index (χ2n) is 6.04. The fourth-order valence-electron chi connectivity index (χ4n) is 2.24. The third-order valence-electron chi connectivity index (χ3n) is 3.88. The molecule has 138 valence electrons. The standard InChI is InChI=1S/C20H23ClN2O3/c1-14-5-10-18(12-15(14)2)26-13-20(25)22-11-3-4-19(24)23-17-8-6-16(21)7-9-17/h5-10,12H,3-4,11,13H2,1-2H3,(H,22,25)(H,23,24). The van der Waals surface area contributed by atoms with Gasteiger partial charge in [-0.2, -0.15) is 0 Å². The lowest BCUT2D eigenvalue weighted by Gasteiger charge is -2.09. The lowest BCUT2D eigenvalue weighted by molar-refractivity contribution is -0.123. The van der Waals surface area contributed by atoms with Gasteiger partial charge in [-0.15, -0.1) is 0 Å². The van der Waals surface area contributed by atoms with E-state index in [9.17, 15) is 9.59 Å². The molecule has 0 bridgehead atoms. The fourth-order valence-corrected chi connectivity index (χ4v) is 2.36. The molecule has 2 amide bonds. The number of amides is 2. The van der Waals surface area contributed by atoms with Gasteiger partial charge in [-0.25, -0.2) is 0 Å². The number of carbonyl (C=O) groups excluding carboxylic acids is 2. The normalized spacial score (nSPS) is 10.3. The molecule has 2 N–H and O–H groups in total. The Morgan fingerprint density at radius 3 is 2.42 bits per heavy atom. The van der Waals surface area contributed by atoms with E-state index in [1.807, 2.05) is 32.0 Å². The summed E-state index contributed by atoms with van der Waals surface area (Å²) >= 11 is 5.80. The Balaban J connectivity index is 1.61. The SMILES string of the molecule is Cc1ccc(OCC(=O)NCCCC(=O)Nc2ccc(Cl)cc2)cc1C. The monoisotopic (exact) mass is 374 g/mol. The molecule has 0 aliphatic rings. The average Bonchev–Trinajstić information content (AvgIpc) is 2.62. The smallest absolute Gasteiger partial charge is 0.257 e. The average molecular weight is 375 g/mol. The van der Waals surface area contributed by atoms with Crippen LogP contribution in [0.15, 0.2) is 42.5 Å². The highest BCUT2D eigenvalue weighted by Crippen LogP contribution is 2.16. The van der Waals surface area contributed by atoms with Crippen LogP contribution in [0.5, 0.6) is 5.75 Å². The number of benzene rings is 2. The van der Waals surface area contributed by atoms with Gasteiger partial charge in [0.2, 0.25) is 5.91 Å². The topological polar surface area (TPSA) is 67.4 Å². The van der Waals surface area contributed by atoms with E-state index in [2.05, 4.69) is 10.6 Å². The van der Waals surface area contributed by atoms with Crippen LogP contribution in [-0.4, -0.2) is 25.0 Å². The summed E-state index contributed by atoms with van der Waals surface area (Å²) < 4.78 is 5.47. The van der Waals surface area contributed by atoms with Crippen LogP contribution in [-0.2, 0) is 9.59 Å². The van der Waals surface area contributed by atoms with E-state index in [0.29, 0.717) is 35.8 Å². The summed E-state index contributed by atoms with van der Waals surface area (Å²) in [5.41, 5.74) is 3.00. The largest absolute Gasteiger partial charge is 0.484 e. The fraction of sp³-hybridized carbons (Fsp3) is 0.300. The number of hydrogen-bond donors (Lipinski definition) is 2. The van der Waals surface area contributed by atoms with Gasteiger partial charge in [-0.3, -0.25) is 9.59 Å². The minimum Gasteiger partial charge on any atom is -0.484 e. The van der Waals surface area contributed by atoms with Gasteiger partial charge in [0.05, 0.1) is 0 Å². The number of rotatable bonds is 8. The van der Waals surface area contributed by atoms with Crippen molar-refractivity contribution in [1.82, 2.24) is 5.32 Å². The van der Waals surface area contributed by atoms with Crippen LogP contribution in [0.3, 0.4) is 0 Å². The molecule has 0 spiro atoms. The van der Waals surface area contributed by atoms with Crippen molar-refractivity contribution >= 4 is 29.1 Å². The lowest BCUT2D eigenvalue weighted by atomic mass is 10.1. The number of anilines is 1. The highest BCUT2D eigenvalue weighted by Gasteiger charge is 2.05. The molecule has 26 heavy (non-hydrogen) atoms. The number of ether oxygens (including phenoxy) is 1. The summed E-state index contributed by atoms with van der Waals surface area (Å²) in [6.07, 6.45) is 0.871. The first-order valence-electron chi connectivity index (χ1n) is 8.46. The van der Waals surface area contributed by atoms with E-state index in [4.69, 9.17) is 16.3 Å². The minimum atomic E-state index is -0.207. The Kier molecular flexibility index (Phi) is 7.48. The first-order valence-corrected chi connectivity index (χ1v) is 8.84. The number of halogens is 1. The predicted molar refractivity (Wildman–Crippen MR) is 104 cm³/mol. The van der Waals surface area contributed by atoms with Crippen LogP contribution in [0, 0.1) is 13.8 Å². The van der Waals surface area contributed by atoms with E-state index in [0.717, 1.165) is 5.56 Å². The molecular formula is C20H23ClN2O3. The molecule has 6 heteroatoms. The van der Waals surface area contributed by atoms with Crippen LogP contribution in [0.25, 0.3) is 0 Å². The van der Waals surface area contributed by atoms with Crippen molar-refractivity contribution < 1.29 is 14.3 Å². The molecule has 0 atom stereocenters. The number of hydrogen-bond acceptors (Lipinski definition) is 3. The third-order valence-corrected chi connectivity index (χ3v) is 4.13. The Bertz CT molecular complexity index is 760. The summed E-state index contributed by atoms with van der Waals surface area (Å²) in [4.78, 5) is 23.6. The summed E-state index contributed by atoms with van der Waals surface area (Å²) in [5, 5.41) is 6.14. The summed E-state index contributed by atoms with van der Waals surface area (Å²) in [7, 11) is 0. The van der Waals surface area contributed by atoms with Crippen molar-refractivity contribution in [3.8, 4) is 5.75 Å². The second-order valence-corrected chi connectivity index (χ2v) is 6.48. The maximum atomic E-state index is 11.8. The zero-order valence-electron chi connectivity index (χ0n) is 15.0. The maximum absolute atomic E-state index is 11.8. The molecule has 0 unspecified atom stereocenters. The van der Waals surface area contributed by atoms with Crippen LogP contribution in [0.2, 0.25) is 5.02 Å². The molecular weight excluding hydrogens is 352 g/mol. The van der Waals surface area contributed by atoms with E-state index >= 15 is 0 Å². The van der Waals surface area contributed by atoms with Crippen molar-refractivity contribution in [2.24, 2.45) is 0 Å². The quantitative estimate of drug-likeness (QED) is 0.689. The highest BCUT2D eigenvalue weighted by atomic mass is 35.5. The third kappa shape index (κ3) is 6.76. The van der Waals surface area contributed by atoms with E-state index in [-0.39, 0.29) is 18.4 Å². The molecule has 0 aliphatic heterocycles. The Hall–Kier alpha value is -2.53. The van der Waals surface area contributed by atoms with Crippen LogP contribution in [0.4, 0.5) is 5.69 Å². The van der Waals surface area contributed by atoms with Crippen LogP contribution >= 0.6 is 11.6 Å². The van der Waals surface area contributed by atoms with Gasteiger partial charge in [-0.1, -0.05) is 17.7 Å². The van der Waals surface area contributed by atoms with Gasteiger partial charge in [0.15, 0.2) is 6.61 Å². The van der Waals surface area contributed by atoms with Crippen molar-refractivity contribution in [1.29, 1.82) is 0 Å². The zero-order valence-corrected chi connectivity index (χ0v) is 15.7. The van der Waals surface area contributed by atoms with Gasteiger partial charge in [0.25, 0.3) is 5.91 Å². The lowest BCUT2D eigenvalue weighted by Crippen LogP contribution is -2.30. The molecule has 0 saturated carbocycles. The van der Waals surface area contributed by atoms with Gasteiger partial charge in [0, 0.05) is 23.7 Å². The maximum Gasteiger partial charge on any atom is 0.257 e. The molecule has 0 aliphatic carbocycles. The Morgan fingerprint density at radius 1 is 1.00 bits per heavy atom. The number of carbonyl (C=O) groups is 2. The Labute approximate surface area is 158 Å². The predicted octanol–water partition coefficient (Wildman–Crippen LogP) is 3.87. The first kappa shape index (κ1) is 19.8. The van der Waals surface area contributed by atoms with Crippen molar-refractivity contribution in [3.63, 3.8) is 0 Å². The molecule has 0 fully saturated rings. The zero-order chi connectivity index (χ0) is 18.9. The van der Waals surface area contributed by atoms with Crippen LogP contribution in [0.1, 0.15) is 24.0 Å². The van der Waals surface area contributed by atoms with E-state index < -0.39 is 0 Å². The molecule has 0 radical (unpaired) electrons. The highest BCUT2D eigenvalue weighted by molar-refractivity contribution is 6.30. The molecule has 2 rings (SSSR count). The molecule has 0 aromatic heterocycles. The van der Waals surface area contributed by atoms with Gasteiger partial charge < -0.3 is 15.4 Å². The first-order chi connectivity index (χ1) is 12.4. The van der Waals surface area contributed by atoms with Crippen LogP contribution < -0.4 is 15.4 Å². The molecule has 5 nitrogen and oxygen atoms in total. The van der Waals surface area contributed by atoms with Gasteiger partial charge >= 0.3 is 0 Å². The number of aryl methyl sites for hydroxylation is 2. The number of nitrogens with one attached hydrogen (secondary N) is 2. The van der Waals surface area contributed by atoms with Crippen molar-refractivity contribution in [3.05, 3.63) is 58.6 Å². The Morgan fingerprint density at radius 2 is 1.73 bits per heavy atom. The molecule has 0 saturated heterocycles. The van der Waals surface area contributed by atoms with Crippen molar-refractivity contribution in [2.75, 3.05) is 18.5 Å². The summed E-state index contributed by atoms with van der Waals surface area (Å²) in [6.45, 7) is 4.40. The van der Waals surface area contributed by atoms with Crippen molar-refractivity contribution in [2.45, 2.75) is 26.7 Å².